The summed E-state index contributed by atoms with van der Waals surface area (Å²) < 4.78 is 1.70. The summed E-state index contributed by atoms with van der Waals surface area (Å²) >= 11 is 0. The van der Waals surface area contributed by atoms with Gasteiger partial charge in [0.15, 0.2) is 5.82 Å². The summed E-state index contributed by atoms with van der Waals surface area (Å²) in [6.45, 7) is 4.78. The minimum absolute atomic E-state index is 0.0514. The van der Waals surface area contributed by atoms with Gasteiger partial charge in [0.1, 0.15) is 11.4 Å². The van der Waals surface area contributed by atoms with Crippen molar-refractivity contribution in [3.05, 3.63) is 82.4 Å². The highest BCUT2D eigenvalue weighted by atomic mass is 16.3. The summed E-state index contributed by atoms with van der Waals surface area (Å²) in [5.74, 6) is -0.473. The number of aliphatic hydroxyl groups excluding tert-OH is 1. The number of aromatic hydroxyl groups is 1. The number of nitrogens with one attached hydrogen (secondary N) is 1. The normalized spacial score (nSPS) is 11.1. The fourth-order valence-electron chi connectivity index (χ4n) is 4.04. The third-order valence-electron chi connectivity index (χ3n) is 5.78. The summed E-state index contributed by atoms with van der Waals surface area (Å²) in [4.78, 5) is 20.9. The van der Waals surface area contributed by atoms with Crippen molar-refractivity contribution in [3.63, 3.8) is 0 Å². The van der Waals surface area contributed by atoms with Crippen molar-refractivity contribution >= 4 is 22.6 Å². The second-order valence-electron chi connectivity index (χ2n) is 8.47. The molecule has 0 fully saturated rings. The highest BCUT2D eigenvalue weighted by Crippen LogP contribution is 2.24. The lowest BCUT2D eigenvalue weighted by Gasteiger charge is -2.14. The molecule has 0 aliphatic carbocycles. The quantitative estimate of drug-likeness (QED) is 0.304. The van der Waals surface area contributed by atoms with Crippen LogP contribution in [-0.4, -0.2) is 37.3 Å². The number of nitrogens with zero attached hydrogens (tertiary/aromatic N) is 3. The highest BCUT2D eigenvalue weighted by molar-refractivity contribution is 5.94. The topological polar surface area (TPSA) is 126 Å². The third kappa shape index (κ3) is 5.02. The zero-order valence-electron chi connectivity index (χ0n) is 19.4. The molecule has 2 aromatic carbocycles. The van der Waals surface area contributed by atoms with E-state index in [1.54, 1.807) is 16.7 Å². The molecule has 0 atom stereocenters. The van der Waals surface area contributed by atoms with Gasteiger partial charge in [0, 0.05) is 24.5 Å². The van der Waals surface area contributed by atoms with Crippen molar-refractivity contribution in [1.29, 1.82) is 0 Å². The maximum atomic E-state index is 12.1. The number of aryl methyl sites for hydroxylation is 3. The van der Waals surface area contributed by atoms with Crippen molar-refractivity contribution in [3.8, 4) is 5.75 Å². The Morgan fingerprint density at radius 3 is 2.68 bits per heavy atom. The number of amides is 1. The molecule has 2 aromatic heterocycles. The van der Waals surface area contributed by atoms with E-state index < -0.39 is 5.91 Å². The number of hydrogen-bond acceptors (Lipinski definition) is 6. The first kappa shape index (κ1) is 23.3. The Balaban J connectivity index is 1.66. The number of aliphatic hydroxyl groups is 1. The molecule has 4 aromatic rings. The Labute approximate surface area is 198 Å². The minimum Gasteiger partial charge on any atom is -0.506 e. The SMILES string of the molecule is Cc1ccc(CCCO)c(NCc2ccc3nc(C(N)=O)n(Cc4nc(C)ccc4O)c3c2)c1. The molecule has 0 saturated heterocycles. The molecule has 0 bridgehead atoms. The van der Waals surface area contributed by atoms with E-state index in [0.29, 0.717) is 24.2 Å². The van der Waals surface area contributed by atoms with Crippen molar-refractivity contribution in [2.75, 3.05) is 11.9 Å². The van der Waals surface area contributed by atoms with Crippen LogP contribution in [-0.2, 0) is 19.5 Å². The van der Waals surface area contributed by atoms with Crippen LogP contribution < -0.4 is 11.1 Å². The minimum atomic E-state index is -0.642. The van der Waals surface area contributed by atoms with E-state index >= 15 is 0 Å². The van der Waals surface area contributed by atoms with Crippen LogP contribution in [0.3, 0.4) is 0 Å². The number of aromatic nitrogens is 3. The molecule has 5 N–H and O–H groups in total. The van der Waals surface area contributed by atoms with Gasteiger partial charge < -0.3 is 25.8 Å². The van der Waals surface area contributed by atoms with Gasteiger partial charge in [-0.3, -0.25) is 9.78 Å². The van der Waals surface area contributed by atoms with Gasteiger partial charge in [0.05, 0.1) is 17.6 Å². The van der Waals surface area contributed by atoms with Crippen LogP contribution in [0, 0.1) is 13.8 Å². The molecular weight excluding hydrogens is 430 g/mol. The van der Waals surface area contributed by atoms with E-state index in [1.807, 2.05) is 32.0 Å². The molecule has 1 amide bonds. The molecule has 0 aliphatic heterocycles. The number of fused-ring (bicyclic) bond motifs is 1. The van der Waals surface area contributed by atoms with Crippen molar-refractivity contribution in [2.24, 2.45) is 5.73 Å². The molecule has 0 saturated carbocycles. The van der Waals surface area contributed by atoms with Gasteiger partial charge in [0.2, 0.25) is 0 Å². The van der Waals surface area contributed by atoms with Gasteiger partial charge >= 0.3 is 0 Å². The van der Waals surface area contributed by atoms with E-state index in [0.717, 1.165) is 40.0 Å². The largest absolute Gasteiger partial charge is 0.506 e. The van der Waals surface area contributed by atoms with Crippen molar-refractivity contribution in [1.82, 2.24) is 14.5 Å². The predicted molar refractivity (Wildman–Crippen MR) is 132 cm³/mol. The number of primary amides is 1. The van der Waals surface area contributed by atoms with Crippen LogP contribution in [0.1, 0.15) is 45.1 Å². The van der Waals surface area contributed by atoms with Gasteiger partial charge in [-0.05, 0) is 73.7 Å². The van der Waals surface area contributed by atoms with Gasteiger partial charge in [-0.15, -0.1) is 0 Å². The van der Waals surface area contributed by atoms with Crippen LogP contribution in [0.5, 0.6) is 5.75 Å². The van der Waals surface area contributed by atoms with E-state index in [4.69, 9.17) is 5.73 Å². The lowest BCUT2D eigenvalue weighted by Crippen LogP contribution is -2.19. The lowest BCUT2D eigenvalue weighted by atomic mass is 10.0. The zero-order chi connectivity index (χ0) is 24.2. The smallest absolute Gasteiger partial charge is 0.284 e. The molecule has 34 heavy (non-hydrogen) atoms. The first-order valence-electron chi connectivity index (χ1n) is 11.2. The number of imidazole rings is 1. The summed E-state index contributed by atoms with van der Waals surface area (Å²) in [6.07, 6.45) is 1.50. The van der Waals surface area contributed by atoms with E-state index in [2.05, 4.69) is 33.5 Å². The monoisotopic (exact) mass is 459 g/mol. The van der Waals surface area contributed by atoms with Crippen LogP contribution in [0.2, 0.25) is 0 Å². The number of anilines is 1. The molecule has 8 nitrogen and oxygen atoms in total. The Kier molecular flexibility index (Phi) is 6.79. The van der Waals surface area contributed by atoms with Gasteiger partial charge in [-0.2, -0.15) is 0 Å². The van der Waals surface area contributed by atoms with Gasteiger partial charge in [-0.25, -0.2) is 4.98 Å². The first-order valence-corrected chi connectivity index (χ1v) is 11.2. The summed E-state index contributed by atoms with van der Waals surface area (Å²) in [7, 11) is 0. The fourth-order valence-corrected chi connectivity index (χ4v) is 4.04. The Bertz CT molecular complexity index is 1350. The molecule has 2 heterocycles. The molecule has 8 heteroatoms. The van der Waals surface area contributed by atoms with Gasteiger partial charge in [-0.1, -0.05) is 18.2 Å². The number of rotatable bonds is 9. The predicted octanol–water partition coefficient (Wildman–Crippen LogP) is 3.44. The molecule has 0 radical (unpaired) electrons. The third-order valence-corrected chi connectivity index (χ3v) is 5.78. The van der Waals surface area contributed by atoms with Gasteiger partial charge in [0.25, 0.3) is 5.91 Å². The summed E-state index contributed by atoms with van der Waals surface area (Å²) in [5.41, 5.74) is 12.5. The molecular formula is C26H29N5O3. The van der Waals surface area contributed by atoms with Crippen LogP contribution in [0.25, 0.3) is 11.0 Å². The van der Waals surface area contributed by atoms with Crippen molar-refractivity contribution in [2.45, 2.75) is 39.8 Å². The fraction of sp³-hybridized carbons (Fsp3) is 0.269. The molecule has 0 unspecified atom stereocenters. The summed E-state index contributed by atoms with van der Waals surface area (Å²) in [5, 5.41) is 23.0. The van der Waals surface area contributed by atoms with E-state index in [1.165, 1.54) is 0 Å². The number of benzene rings is 2. The molecule has 0 spiro atoms. The molecule has 0 aliphatic rings. The molecule has 176 valence electrons. The van der Waals surface area contributed by atoms with E-state index in [9.17, 15) is 15.0 Å². The Morgan fingerprint density at radius 1 is 1.09 bits per heavy atom. The Morgan fingerprint density at radius 2 is 1.91 bits per heavy atom. The summed E-state index contributed by atoms with van der Waals surface area (Å²) in [6, 6.07) is 15.4. The van der Waals surface area contributed by atoms with Crippen LogP contribution in [0.15, 0.2) is 48.5 Å². The van der Waals surface area contributed by atoms with Crippen LogP contribution in [0.4, 0.5) is 5.69 Å². The van der Waals surface area contributed by atoms with Crippen LogP contribution >= 0.6 is 0 Å². The first-order chi connectivity index (χ1) is 16.4. The average molecular weight is 460 g/mol. The lowest BCUT2D eigenvalue weighted by molar-refractivity contribution is 0.0987. The maximum Gasteiger partial charge on any atom is 0.284 e. The standard InChI is InChI=1S/C26H29N5O3/c1-16-5-8-19(4-3-11-32)21(12-16)28-14-18-7-9-20-23(13-18)31(26(30-20)25(27)34)15-22-24(33)10-6-17(2)29-22/h5-10,12-13,28,32-33H,3-4,11,14-15H2,1-2H3,(H2,27,34). The molecule has 4 rings (SSSR count). The number of carbonyl (C=O) groups is 1. The second-order valence-corrected chi connectivity index (χ2v) is 8.47. The maximum absolute atomic E-state index is 12.1. The number of pyridine rings is 1. The second kappa shape index (κ2) is 9.93. The zero-order valence-corrected chi connectivity index (χ0v) is 19.4. The Hall–Kier alpha value is -3.91. The number of carbonyl (C=O) groups excluding carboxylic acids is 1. The highest BCUT2D eigenvalue weighted by Gasteiger charge is 2.18. The number of nitrogens with two attached hydrogens (primary N) is 1. The van der Waals surface area contributed by atoms with Crippen molar-refractivity contribution < 1.29 is 15.0 Å². The average Bonchev–Trinajstić information content (AvgIpc) is 3.17. The van der Waals surface area contributed by atoms with E-state index in [-0.39, 0.29) is 24.7 Å². The number of hydrogen-bond donors (Lipinski definition) is 4.